The number of nitrogens with zero attached hydrogens (tertiary/aromatic N) is 3. The summed E-state index contributed by atoms with van der Waals surface area (Å²) in [5.74, 6) is 0. The SMILES string of the molecule is C=Cc1ccc(-c2ccc(N(c3ccccc3)c3ccccc3)cc2)c(C#N)c1C#N. The molecular formula is C28H19N3. The first-order valence-electron chi connectivity index (χ1n) is 9.87. The zero-order chi connectivity index (χ0) is 21.6. The maximum absolute atomic E-state index is 9.71. The summed E-state index contributed by atoms with van der Waals surface area (Å²) in [5.41, 5.74) is 6.13. The van der Waals surface area contributed by atoms with E-state index in [-0.39, 0.29) is 0 Å². The summed E-state index contributed by atoms with van der Waals surface area (Å²) >= 11 is 0. The van der Waals surface area contributed by atoms with E-state index in [1.54, 1.807) is 6.08 Å². The lowest BCUT2D eigenvalue weighted by Crippen LogP contribution is -2.09. The normalized spacial score (nSPS) is 10.0. The van der Waals surface area contributed by atoms with Crippen molar-refractivity contribution in [1.29, 1.82) is 10.5 Å². The van der Waals surface area contributed by atoms with Crippen LogP contribution < -0.4 is 4.90 Å². The average molecular weight is 397 g/mol. The molecule has 0 fully saturated rings. The van der Waals surface area contributed by atoms with Crippen LogP contribution in [0.4, 0.5) is 17.1 Å². The highest BCUT2D eigenvalue weighted by Crippen LogP contribution is 2.36. The number of rotatable bonds is 5. The lowest BCUT2D eigenvalue weighted by atomic mass is 9.93. The van der Waals surface area contributed by atoms with Gasteiger partial charge in [-0.1, -0.05) is 73.3 Å². The Morgan fingerprint density at radius 1 is 0.613 bits per heavy atom. The molecule has 0 aromatic heterocycles. The fraction of sp³-hybridized carbons (Fsp3) is 0. The first-order chi connectivity index (χ1) is 15.3. The second-order valence-electron chi connectivity index (χ2n) is 6.93. The smallest absolute Gasteiger partial charge is 0.101 e. The van der Waals surface area contributed by atoms with Crippen LogP contribution in [0, 0.1) is 22.7 Å². The fourth-order valence-corrected chi connectivity index (χ4v) is 3.66. The van der Waals surface area contributed by atoms with Crippen molar-refractivity contribution in [2.75, 3.05) is 4.90 Å². The second-order valence-corrected chi connectivity index (χ2v) is 6.93. The van der Waals surface area contributed by atoms with Gasteiger partial charge in [-0.15, -0.1) is 0 Å². The largest absolute Gasteiger partial charge is 0.311 e. The Morgan fingerprint density at radius 3 is 1.61 bits per heavy atom. The van der Waals surface area contributed by atoms with Gasteiger partial charge in [-0.3, -0.25) is 0 Å². The molecule has 0 unspecified atom stereocenters. The lowest BCUT2D eigenvalue weighted by Gasteiger charge is -2.25. The van der Waals surface area contributed by atoms with Gasteiger partial charge in [-0.2, -0.15) is 10.5 Å². The van der Waals surface area contributed by atoms with E-state index in [2.05, 4.69) is 47.9 Å². The minimum Gasteiger partial charge on any atom is -0.311 e. The third-order valence-electron chi connectivity index (χ3n) is 5.15. The molecule has 31 heavy (non-hydrogen) atoms. The van der Waals surface area contributed by atoms with Crippen molar-refractivity contribution in [3.8, 4) is 23.3 Å². The average Bonchev–Trinajstić information content (AvgIpc) is 2.85. The van der Waals surface area contributed by atoms with Crippen LogP contribution in [-0.4, -0.2) is 0 Å². The van der Waals surface area contributed by atoms with Gasteiger partial charge in [-0.05, 0) is 47.5 Å². The van der Waals surface area contributed by atoms with Crippen LogP contribution in [0.2, 0.25) is 0 Å². The van der Waals surface area contributed by atoms with E-state index in [9.17, 15) is 10.5 Å². The van der Waals surface area contributed by atoms with Gasteiger partial charge in [-0.25, -0.2) is 0 Å². The van der Waals surface area contributed by atoms with E-state index in [0.29, 0.717) is 16.7 Å². The van der Waals surface area contributed by atoms with Crippen LogP contribution in [0.1, 0.15) is 16.7 Å². The molecule has 0 saturated carbocycles. The molecule has 0 amide bonds. The monoisotopic (exact) mass is 397 g/mol. The molecule has 0 N–H and O–H groups in total. The lowest BCUT2D eigenvalue weighted by molar-refractivity contribution is 1.28. The van der Waals surface area contributed by atoms with Gasteiger partial charge in [0, 0.05) is 22.6 Å². The van der Waals surface area contributed by atoms with Crippen molar-refractivity contribution < 1.29 is 0 Å². The minimum absolute atomic E-state index is 0.356. The first kappa shape index (κ1) is 19.7. The Hall–Kier alpha value is -4.60. The third-order valence-corrected chi connectivity index (χ3v) is 5.15. The summed E-state index contributed by atoms with van der Waals surface area (Å²) in [6.07, 6.45) is 1.60. The molecule has 0 saturated heterocycles. The predicted molar refractivity (Wildman–Crippen MR) is 126 cm³/mol. The molecule has 4 rings (SSSR count). The van der Waals surface area contributed by atoms with Crippen molar-refractivity contribution in [2.24, 2.45) is 0 Å². The van der Waals surface area contributed by atoms with Gasteiger partial charge >= 0.3 is 0 Å². The highest BCUT2D eigenvalue weighted by molar-refractivity contribution is 5.81. The Kier molecular flexibility index (Phi) is 5.61. The van der Waals surface area contributed by atoms with Crippen molar-refractivity contribution in [2.45, 2.75) is 0 Å². The summed E-state index contributed by atoms with van der Waals surface area (Å²) in [4.78, 5) is 2.18. The zero-order valence-corrected chi connectivity index (χ0v) is 16.9. The Labute approximate surface area is 182 Å². The van der Waals surface area contributed by atoms with E-state index in [4.69, 9.17) is 0 Å². The molecule has 0 aliphatic rings. The fourth-order valence-electron chi connectivity index (χ4n) is 3.66. The third kappa shape index (κ3) is 3.81. The van der Waals surface area contributed by atoms with Crippen LogP contribution in [0.25, 0.3) is 17.2 Å². The van der Waals surface area contributed by atoms with E-state index < -0.39 is 0 Å². The first-order valence-corrected chi connectivity index (χ1v) is 9.87. The van der Waals surface area contributed by atoms with Crippen molar-refractivity contribution in [3.63, 3.8) is 0 Å². The van der Waals surface area contributed by atoms with Gasteiger partial charge in [0.15, 0.2) is 0 Å². The molecule has 0 aliphatic carbocycles. The summed E-state index contributed by atoms with van der Waals surface area (Å²) in [5, 5.41) is 19.3. The van der Waals surface area contributed by atoms with E-state index >= 15 is 0 Å². The molecule has 0 aliphatic heterocycles. The van der Waals surface area contributed by atoms with Gasteiger partial charge in [0.1, 0.15) is 12.1 Å². The van der Waals surface area contributed by atoms with Gasteiger partial charge < -0.3 is 4.90 Å². The quantitative estimate of drug-likeness (QED) is 0.357. The van der Waals surface area contributed by atoms with Crippen LogP contribution in [0.5, 0.6) is 0 Å². The van der Waals surface area contributed by atoms with Gasteiger partial charge in [0.25, 0.3) is 0 Å². The molecule has 4 aromatic rings. The predicted octanol–water partition coefficient (Wildman–Crippen LogP) is 7.21. The van der Waals surface area contributed by atoms with Crippen molar-refractivity contribution >= 4 is 23.1 Å². The number of hydrogen-bond donors (Lipinski definition) is 0. The van der Waals surface area contributed by atoms with Crippen molar-refractivity contribution in [1.82, 2.24) is 0 Å². The Bertz CT molecular complexity index is 1250. The number of hydrogen-bond acceptors (Lipinski definition) is 3. The molecule has 0 heterocycles. The number of para-hydroxylation sites is 2. The maximum Gasteiger partial charge on any atom is 0.101 e. The van der Waals surface area contributed by atoms with E-state index in [0.717, 1.165) is 28.2 Å². The molecule has 3 nitrogen and oxygen atoms in total. The summed E-state index contributed by atoms with van der Waals surface area (Å²) in [6.45, 7) is 3.74. The molecule has 0 spiro atoms. The molecule has 3 heteroatoms. The Morgan fingerprint density at radius 2 is 1.13 bits per heavy atom. The zero-order valence-electron chi connectivity index (χ0n) is 16.9. The molecular weight excluding hydrogens is 378 g/mol. The molecule has 0 radical (unpaired) electrons. The van der Waals surface area contributed by atoms with Crippen LogP contribution in [0.3, 0.4) is 0 Å². The number of benzene rings is 4. The summed E-state index contributed by atoms with van der Waals surface area (Å²) in [7, 11) is 0. The topological polar surface area (TPSA) is 50.8 Å². The second kappa shape index (κ2) is 8.82. The number of nitriles is 2. The van der Waals surface area contributed by atoms with Gasteiger partial charge in [0.2, 0.25) is 0 Å². The van der Waals surface area contributed by atoms with Crippen LogP contribution in [-0.2, 0) is 0 Å². The molecule has 0 atom stereocenters. The minimum atomic E-state index is 0.356. The molecule has 4 aromatic carbocycles. The maximum atomic E-state index is 9.71. The standard InChI is InChI=1S/C28H19N3/c1-2-21-15-18-26(28(20-30)27(21)19-29)22-13-16-25(17-14-22)31(23-9-5-3-6-10-23)24-11-7-4-8-12-24/h2-18H,1H2. The van der Waals surface area contributed by atoms with Crippen molar-refractivity contribution in [3.05, 3.63) is 120 Å². The number of anilines is 3. The molecule has 146 valence electrons. The highest BCUT2D eigenvalue weighted by Gasteiger charge is 2.15. The molecule has 0 bridgehead atoms. The highest BCUT2D eigenvalue weighted by atomic mass is 15.1. The van der Waals surface area contributed by atoms with Gasteiger partial charge in [0.05, 0.1) is 11.1 Å². The van der Waals surface area contributed by atoms with Crippen LogP contribution in [0.15, 0.2) is 104 Å². The van der Waals surface area contributed by atoms with E-state index in [1.807, 2.05) is 72.8 Å². The van der Waals surface area contributed by atoms with Crippen LogP contribution >= 0.6 is 0 Å². The van der Waals surface area contributed by atoms with E-state index in [1.165, 1.54) is 0 Å². The Balaban J connectivity index is 1.80. The summed E-state index contributed by atoms with van der Waals surface area (Å²) in [6, 6.07) is 36.4. The summed E-state index contributed by atoms with van der Waals surface area (Å²) < 4.78 is 0.